The molecule has 0 spiro atoms. The number of carbonyl (C=O) groups excluding carboxylic acids is 1. The summed E-state index contributed by atoms with van der Waals surface area (Å²) in [5.74, 6) is -0.0638. The van der Waals surface area contributed by atoms with Gasteiger partial charge in [0.15, 0.2) is 0 Å². The van der Waals surface area contributed by atoms with E-state index in [4.69, 9.17) is 16.9 Å². The predicted octanol–water partition coefficient (Wildman–Crippen LogP) is 4.12. The van der Waals surface area contributed by atoms with E-state index in [1.807, 2.05) is 30.3 Å². The van der Waals surface area contributed by atoms with Crippen LogP contribution >= 0.6 is 27.5 Å². The normalized spacial score (nSPS) is 15.1. The Morgan fingerprint density at radius 3 is 2.63 bits per heavy atom. The zero-order valence-corrected chi connectivity index (χ0v) is 17.1. The van der Waals surface area contributed by atoms with E-state index in [0.717, 1.165) is 42.8 Å². The second kappa shape index (κ2) is 9.23. The van der Waals surface area contributed by atoms with Crippen LogP contribution in [0.3, 0.4) is 0 Å². The number of rotatable bonds is 4. The fraction of sp³-hybridized carbons (Fsp3) is 0.300. The third-order valence-electron chi connectivity index (χ3n) is 4.52. The molecule has 3 rings (SSSR count). The monoisotopic (exact) mass is 446 g/mol. The van der Waals surface area contributed by atoms with Crippen LogP contribution in [0.2, 0.25) is 5.02 Å². The van der Waals surface area contributed by atoms with Crippen molar-refractivity contribution in [2.45, 2.75) is 6.42 Å². The molecular formula is C20H20BrClN4O. The quantitative estimate of drug-likeness (QED) is 0.766. The Morgan fingerprint density at radius 1 is 1.15 bits per heavy atom. The average Bonchev–Trinajstić information content (AvgIpc) is 2.90. The molecule has 0 unspecified atom stereocenters. The summed E-state index contributed by atoms with van der Waals surface area (Å²) < 4.78 is 0.876. The lowest BCUT2D eigenvalue weighted by molar-refractivity contribution is -0.117. The highest BCUT2D eigenvalue weighted by Crippen LogP contribution is 2.25. The van der Waals surface area contributed by atoms with Gasteiger partial charge in [0.2, 0.25) is 5.91 Å². The van der Waals surface area contributed by atoms with E-state index >= 15 is 0 Å². The summed E-state index contributed by atoms with van der Waals surface area (Å²) in [4.78, 5) is 16.8. The number of anilines is 2. The maximum Gasteiger partial charge on any atom is 0.238 e. The number of carbonyl (C=O) groups is 1. The first-order chi connectivity index (χ1) is 13.0. The SMILES string of the molecule is N#Cc1ccc(N2CCCN(CC(=O)Nc3ccc(Br)cc3Cl)CC2)cc1. The minimum atomic E-state index is -0.0638. The molecular weight excluding hydrogens is 428 g/mol. The van der Waals surface area contributed by atoms with Crippen molar-refractivity contribution >= 4 is 44.8 Å². The zero-order valence-electron chi connectivity index (χ0n) is 14.8. The molecule has 2 aromatic carbocycles. The minimum absolute atomic E-state index is 0.0638. The van der Waals surface area contributed by atoms with Crippen molar-refractivity contribution in [2.24, 2.45) is 0 Å². The highest BCUT2D eigenvalue weighted by molar-refractivity contribution is 9.10. The molecule has 2 aromatic rings. The molecule has 1 amide bonds. The number of nitrogens with zero attached hydrogens (tertiary/aromatic N) is 3. The lowest BCUT2D eigenvalue weighted by Gasteiger charge is -2.23. The lowest BCUT2D eigenvalue weighted by Crippen LogP contribution is -2.36. The molecule has 0 saturated carbocycles. The van der Waals surface area contributed by atoms with E-state index in [9.17, 15) is 4.79 Å². The topological polar surface area (TPSA) is 59.4 Å². The summed E-state index contributed by atoms with van der Waals surface area (Å²) in [5, 5.41) is 12.3. The largest absolute Gasteiger partial charge is 0.370 e. The summed E-state index contributed by atoms with van der Waals surface area (Å²) in [6.07, 6.45) is 0.978. The van der Waals surface area contributed by atoms with Gasteiger partial charge in [0, 0.05) is 36.3 Å². The van der Waals surface area contributed by atoms with Crippen LogP contribution in [0, 0.1) is 11.3 Å². The molecule has 1 aliphatic heterocycles. The molecule has 0 atom stereocenters. The highest BCUT2D eigenvalue weighted by Gasteiger charge is 2.18. The van der Waals surface area contributed by atoms with Crippen LogP contribution < -0.4 is 10.2 Å². The predicted molar refractivity (Wildman–Crippen MR) is 112 cm³/mol. The van der Waals surface area contributed by atoms with Crippen molar-refractivity contribution in [3.8, 4) is 6.07 Å². The molecule has 140 valence electrons. The van der Waals surface area contributed by atoms with Crippen molar-refractivity contribution in [3.05, 3.63) is 57.5 Å². The van der Waals surface area contributed by atoms with E-state index in [1.54, 1.807) is 12.1 Å². The maximum absolute atomic E-state index is 12.4. The van der Waals surface area contributed by atoms with E-state index in [-0.39, 0.29) is 5.91 Å². The molecule has 27 heavy (non-hydrogen) atoms. The first kappa shape index (κ1) is 19.7. The van der Waals surface area contributed by atoms with Gasteiger partial charge < -0.3 is 10.2 Å². The van der Waals surface area contributed by atoms with Gasteiger partial charge in [0.1, 0.15) is 0 Å². The van der Waals surface area contributed by atoms with Crippen molar-refractivity contribution in [2.75, 3.05) is 42.9 Å². The molecule has 1 fully saturated rings. The van der Waals surface area contributed by atoms with Gasteiger partial charge in [-0.3, -0.25) is 9.69 Å². The fourth-order valence-corrected chi connectivity index (χ4v) is 3.84. The average molecular weight is 448 g/mol. The Balaban J connectivity index is 1.54. The number of benzene rings is 2. The molecule has 0 radical (unpaired) electrons. The Hall–Kier alpha value is -2.07. The molecule has 0 bridgehead atoms. The van der Waals surface area contributed by atoms with Gasteiger partial charge in [0.05, 0.1) is 28.9 Å². The minimum Gasteiger partial charge on any atom is -0.370 e. The van der Waals surface area contributed by atoms with Gasteiger partial charge in [-0.2, -0.15) is 5.26 Å². The third kappa shape index (κ3) is 5.46. The zero-order chi connectivity index (χ0) is 19.2. The second-order valence-corrected chi connectivity index (χ2v) is 7.77. The summed E-state index contributed by atoms with van der Waals surface area (Å²) in [5.41, 5.74) is 2.40. The van der Waals surface area contributed by atoms with Crippen LogP contribution in [-0.4, -0.2) is 43.5 Å². The fourth-order valence-electron chi connectivity index (χ4n) is 3.12. The Bertz CT molecular complexity index is 850. The summed E-state index contributed by atoms with van der Waals surface area (Å²) in [7, 11) is 0. The number of amides is 1. The van der Waals surface area contributed by atoms with Crippen molar-refractivity contribution in [3.63, 3.8) is 0 Å². The van der Waals surface area contributed by atoms with Gasteiger partial charge in [-0.25, -0.2) is 0 Å². The van der Waals surface area contributed by atoms with E-state index in [0.29, 0.717) is 22.8 Å². The first-order valence-electron chi connectivity index (χ1n) is 8.77. The Labute approximate surface area is 172 Å². The molecule has 1 saturated heterocycles. The second-order valence-electron chi connectivity index (χ2n) is 6.45. The Morgan fingerprint density at radius 2 is 1.93 bits per heavy atom. The first-order valence-corrected chi connectivity index (χ1v) is 9.94. The molecule has 1 N–H and O–H groups in total. The van der Waals surface area contributed by atoms with Crippen LogP contribution in [0.15, 0.2) is 46.9 Å². The van der Waals surface area contributed by atoms with Crippen LogP contribution in [0.4, 0.5) is 11.4 Å². The van der Waals surface area contributed by atoms with Gasteiger partial charge >= 0.3 is 0 Å². The molecule has 5 nitrogen and oxygen atoms in total. The molecule has 1 aliphatic rings. The van der Waals surface area contributed by atoms with Crippen LogP contribution in [0.1, 0.15) is 12.0 Å². The van der Waals surface area contributed by atoms with E-state index in [1.165, 1.54) is 0 Å². The highest BCUT2D eigenvalue weighted by atomic mass is 79.9. The molecule has 7 heteroatoms. The van der Waals surface area contributed by atoms with Crippen LogP contribution in [0.5, 0.6) is 0 Å². The van der Waals surface area contributed by atoms with Crippen molar-refractivity contribution in [1.82, 2.24) is 4.90 Å². The number of halogens is 2. The van der Waals surface area contributed by atoms with E-state index in [2.05, 4.69) is 37.1 Å². The van der Waals surface area contributed by atoms with Crippen molar-refractivity contribution < 1.29 is 4.79 Å². The smallest absolute Gasteiger partial charge is 0.238 e. The molecule has 0 aromatic heterocycles. The Kier molecular flexibility index (Phi) is 6.73. The van der Waals surface area contributed by atoms with Crippen molar-refractivity contribution in [1.29, 1.82) is 5.26 Å². The number of hydrogen-bond acceptors (Lipinski definition) is 4. The van der Waals surface area contributed by atoms with Gasteiger partial charge in [-0.1, -0.05) is 27.5 Å². The maximum atomic E-state index is 12.4. The van der Waals surface area contributed by atoms with Gasteiger partial charge in [-0.05, 0) is 48.9 Å². The number of hydrogen-bond donors (Lipinski definition) is 1. The van der Waals surface area contributed by atoms with Crippen LogP contribution in [0.25, 0.3) is 0 Å². The number of nitriles is 1. The third-order valence-corrected chi connectivity index (χ3v) is 5.33. The summed E-state index contributed by atoms with van der Waals surface area (Å²) in [6, 6.07) is 15.2. The summed E-state index contributed by atoms with van der Waals surface area (Å²) in [6.45, 7) is 3.80. The lowest BCUT2D eigenvalue weighted by atomic mass is 10.2. The summed E-state index contributed by atoms with van der Waals surface area (Å²) >= 11 is 9.52. The van der Waals surface area contributed by atoms with E-state index < -0.39 is 0 Å². The van der Waals surface area contributed by atoms with Gasteiger partial charge in [0.25, 0.3) is 0 Å². The van der Waals surface area contributed by atoms with Crippen LogP contribution in [-0.2, 0) is 4.79 Å². The molecule has 1 heterocycles. The van der Waals surface area contributed by atoms with Gasteiger partial charge in [-0.15, -0.1) is 0 Å². The molecule has 0 aliphatic carbocycles. The number of nitrogens with one attached hydrogen (secondary N) is 1. The standard InChI is InChI=1S/C20H20BrClN4O/c21-16-4-7-19(18(22)12-16)24-20(27)14-25-8-1-9-26(11-10-25)17-5-2-15(13-23)3-6-17/h2-7,12H,1,8-11,14H2,(H,24,27).